The minimum Gasteiger partial charge on any atom is -0.352 e. The number of amides is 2. The highest BCUT2D eigenvalue weighted by atomic mass is 32.2. The lowest BCUT2D eigenvalue weighted by Crippen LogP contribution is -2.23. The van der Waals surface area contributed by atoms with E-state index in [1.807, 2.05) is 6.92 Å². The van der Waals surface area contributed by atoms with Crippen LogP contribution < -0.4 is 10.6 Å². The van der Waals surface area contributed by atoms with E-state index in [0.29, 0.717) is 28.9 Å². The van der Waals surface area contributed by atoms with Crippen LogP contribution in [-0.2, 0) is 4.79 Å². The van der Waals surface area contributed by atoms with E-state index in [0.717, 1.165) is 18.7 Å². The highest BCUT2D eigenvalue weighted by Crippen LogP contribution is 2.38. The maximum atomic E-state index is 12.0. The van der Waals surface area contributed by atoms with E-state index >= 15 is 0 Å². The molecule has 24 heavy (non-hydrogen) atoms. The zero-order valence-corrected chi connectivity index (χ0v) is 14.2. The van der Waals surface area contributed by atoms with Crippen LogP contribution in [0, 0.1) is 0 Å². The molecule has 7 nitrogen and oxygen atoms in total. The van der Waals surface area contributed by atoms with Gasteiger partial charge in [0.05, 0.1) is 5.75 Å². The second-order valence-electron chi connectivity index (χ2n) is 5.55. The molecule has 0 radical (unpaired) electrons. The summed E-state index contributed by atoms with van der Waals surface area (Å²) in [5.41, 5.74) is 1.11. The summed E-state index contributed by atoms with van der Waals surface area (Å²) in [4.78, 5) is 28.2. The van der Waals surface area contributed by atoms with Crippen molar-refractivity contribution in [1.82, 2.24) is 20.5 Å². The molecule has 0 bridgehead atoms. The molecule has 0 spiro atoms. The summed E-state index contributed by atoms with van der Waals surface area (Å²) in [6.45, 7) is 2.42. The molecule has 0 aliphatic heterocycles. The lowest BCUT2D eigenvalue weighted by Gasteiger charge is -2.07. The Hall–Kier alpha value is -2.35. The van der Waals surface area contributed by atoms with Gasteiger partial charge in [-0.3, -0.25) is 14.7 Å². The zero-order chi connectivity index (χ0) is 16.9. The number of hydrogen-bond donors (Lipinski definition) is 3. The number of thioether (sulfide) groups is 1. The number of nitrogens with zero attached hydrogens (tertiary/aromatic N) is 2. The average Bonchev–Trinajstić information content (AvgIpc) is 3.32. The van der Waals surface area contributed by atoms with Crippen molar-refractivity contribution >= 4 is 29.3 Å². The Kier molecular flexibility index (Phi) is 5.14. The van der Waals surface area contributed by atoms with Gasteiger partial charge < -0.3 is 10.6 Å². The summed E-state index contributed by atoms with van der Waals surface area (Å²) in [5, 5.41) is 13.1. The van der Waals surface area contributed by atoms with Gasteiger partial charge in [0.2, 0.25) is 11.1 Å². The van der Waals surface area contributed by atoms with Crippen molar-refractivity contribution in [2.75, 3.05) is 17.6 Å². The SMILES string of the molecule is CCNC(=O)c1cccc(NC(=O)CSc2n[nH]c(C3CC3)n2)c1. The van der Waals surface area contributed by atoms with Crippen LogP contribution in [0.5, 0.6) is 0 Å². The maximum Gasteiger partial charge on any atom is 0.251 e. The number of H-pyrrole nitrogens is 1. The van der Waals surface area contributed by atoms with Crippen molar-refractivity contribution in [3.05, 3.63) is 35.7 Å². The van der Waals surface area contributed by atoms with Crippen LogP contribution in [0.1, 0.15) is 41.9 Å². The molecule has 1 heterocycles. The van der Waals surface area contributed by atoms with E-state index < -0.39 is 0 Å². The molecule has 1 fully saturated rings. The molecule has 126 valence electrons. The van der Waals surface area contributed by atoms with Crippen LogP contribution in [0.3, 0.4) is 0 Å². The number of nitrogens with one attached hydrogen (secondary N) is 3. The first-order chi connectivity index (χ1) is 11.7. The summed E-state index contributed by atoms with van der Waals surface area (Å²) in [7, 11) is 0. The maximum absolute atomic E-state index is 12.0. The smallest absolute Gasteiger partial charge is 0.251 e. The Balaban J connectivity index is 1.52. The number of anilines is 1. The van der Waals surface area contributed by atoms with Crippen LogP contribution >= 0.6 is 11.8 Å². The summed E-state index contributed by atoms with van der Waals surface area (Å²) >= 11 is 1.29. The van der Waals surface area contributed by atoms with Crippen molar-refractivity contribution < 1.29 is 9.59 Å². The average molecular weight is 345 g/mol. The van der Waals surface area contributed by atoms with Gasteiger partial charge in [-0.05, 0) is 38.0 Å². The first kappa shape index (κ1) is 16.5. The van der Waals surface area contributed by atoms with Crippen LogP contribution in [0.15, 0.2) is 29.4 Å². The van der Waals surface area contributed by atoms with Gasteiger partial charge in [0.1, 0.15) is 5.82 Å². The quantitative estimate of drug-likeness (QED) is 0.668. The van der Waals surface area contributed by atoms with E-state index in [9.17, 15) is 9.59 Å². The zero-order valence-electron chi connectivity index (χ0n) is 13.3. The molecule has 0 atom stereocenters. The molecule has 2 amide bonds. The molecule has 3 N–H and O–H groups in total. The molecule has 1 aliphatic rings. The van der Waals surface area contributed by atoms with Crippen molar-refractivity contribution in [3.8, 4) is 0 Å². The third-order valence-electron chi connectivity index (χ3n) is 3.52. The first-order valence-corrected chi connectivity index (χ1v) is 8.87. The molecule has 1 aromatic carbocycles. The van der Waals surface area contributed by atoms with Crippen molar-refractivity contribution in [2.24, 2.45) is 0 Å². The van der Waals surface area contributed by atoms with Gasteiger partial charge in [-0.2, -0.15) is 0 Å². The van der Waals surface area contributed by atoms with E-state index in [1.165, 1.54) is 11.8 Å². The Morgan fingerprint density at radius 2 is 2.21 bits per heavy atom. The minimum absolute atomic E-state index is 0.156. The highest BCUT2D eigenvalue weighted by Gasteiger charge is 2.27. The topological polar surface area (TPSA) is 99.8 Å². The summed E-state index contributed by atoms with van der Waals surface area (Å²) in [5.74, 6) is 1.32. The molecule has 1 aromatic heterocycles. The number of carbonyl (C=O) groups excluding carboxylic acids is 2. The number of rotatable bonds is 7. The van der Waals surface area contributed by atoms with Crippen molar-refractivity contribution in [3.63, 3.8) is 0 Å². The lowest BCUT2D eigenvalue weighted by atomic mass is 10.2. The van der Waals surface area contributed by atoms with Gasteiger partial charge in [-0.15, -0.1) is 5.10 Å². The highest BCUT2D eigenvalue weighted by molar-refractivity contribution is 7.99. The number of hydrogen-bond acceptors (Lipinski definition) is 5. The normalized spacial score (nSPS) is 13.5. The Morgan fingerprint density at radius 3 is 2.96 bits per heavy atom. The van der Waals surface area contributed by atoms with Crippen molar-refractivity contribution in [2.45, 2.75) is 30.8 Å². The Bertz CT molecular complexity index is 742. The van der Waals surface area contributed by atoms with Crippen LogP contribution in [0.25, 0.3) is 0 Å². The molecule has 0 unspecified atom stereocenters. The van der Waals surface area contributed by atoms with E-state index in [4.69, 9.17) is 0 Å². The third kappa shape index (κ3) is 4.35. The van der Waals surface area contributed by atoms with E-state index in [1.54, 1.807) is 24.3 Å². The summed E-state index contributed by atoms with van der Waals surface area (Å²) in [6, 6.07) is 6.86. The molecule has 1 saturated carbocycles. The second-order valence-corrected chi connectivity index (χ2v) is 6.50. The largest absolute Gasteiger partial charge is 0.352 e. The lowest BCUT2D eigenvalue weighted by molar-refractivity contribution is -0.113. The van der Waals surface area contributed by atoms with Crippen molar-refractivity contribution in [1.29, 1.82) is 0 Å². The molecule has 1 aliphatic carbocycles. The molecule has 0 saturated heterocycles. The minimum atomic E-state index is -0.161. The van der Waals surface area contributed by atoms with E-state index in [-0.39, 0.29) is 17.6 Å². The predicted molar refractivity (Wildman–Crippen MR) is 92.2 cm³/mol. The van der Waals surface area contributed by atoms with Crippen LogP contribution in [-0.4, -0.2) is 39.3 Å². The van der Waals surface area contributed by atoms with Gasteiger partial charge in [0, 0.05) is 23.7 Å². The monoisotopic (exact) mass is 345 g/mol. The van der Waals surface area contributed by atoms with Gasteiger partial charge in [-0.1, -0.05) is 17.8 Å². The standard InChI is InChI=1S/C16H19N5O2S/c1-2-17-15(23)11-4-3-5-12(8-11)18-13(22)9-24-16-19-14(20-21-16)10-6-7-10/h3-5,8,10H,2,6-7,9H2,1H3,(H,17,23)(H,18,22)(H,19,20,21). The summed E-state index contributed by atoms with van der Waals surface area (Å²) in [6.07, 6.45) is 2.31. The first-order valence-electron chi connectivity index (χ1n) is 7.89. The van der Waals surface area contributed by atoms with Crippen LogP contribution in [0.2, 0.25) is 0 Å². The number of carbonyl (C=O) groups is 2. The van der Waals surface area contributed by atoms with E-state index in [2.05, 4.69) is 25.8 Å². The molecule has 3 rings (SSSR count). The number of benzene rings is 1. The fraction of sp³-hybridized carbons (Fsp3) is 0.375. The Morgan fingerprint density at radius 1 is 1.38 bits per heavy atom. The van der Waals surface area contributed by atoms with Gasteiger partial charge >= 0.3 is 0 Å². The fourth-order valence-electron chi connectivity index (χ4n) is 2.19. The second kappa shape index (κ2) is 7.48. The molecule has 2 aromatic rings. The molecule has 8 heteroatoms. The predicted octanol–water partition coefficient (Wildman–Crippen LogP) is 2.16. The fourth-order valence-corrected chi connectivity index (χ4v) is 2.80. The third-order valence-corrected chi connectivity index (χ3v) is 4.37. The summed E-state index contributed by atoms with van der Waals surface area (Å²) < 4.78 is 0. The van der Waals surface area contributed by atoms with Gasteiger partial charge in [0.25, 0.3) is 5.91 Å². The van der Waals surface area contributed by atoms with Gasteiger partial charge in [-0.25, -0.2) is 4.98 Å². The number of aromatic amines is 1. The van der Waals surface area contributed by atoms with Gasteiger partial charge in [0.15, 0.2) is 0 Å². The Labute approximate surface area is 144 Å². The number of aromatic nitrogens is 3. The molecular weight excluding hydrogens is 326 g/mol. The molecular formula is C16H19N5O2S. The van der Waals surface area contributed by atoms with Crippen LogP contribution in [0.4, 0.5) is 5.69 Å².